The van der Waals surface area contributed by atoms with E-state index in [-0.39, 0.29) is 0 Å². The molecule has 1 fully saturated rings. The average molecular weight is 289 g/mol. The quantitative estimate of drug-likeness (QED) is 0.494. The molecular weight excluding hydrogens is 273 g/mol. The highest BCUT2D eigenvalue weighted by atomic mass is 19.1. The summed E-state index contributed by atoms with van der Waals surface area (Å²) in [5, 5.41) is 10.0. The summed E-state index contributed by atoms with van der Waals surface area (Å²) in [4.78, 5) is 25.3. The molecule has 0 saturated carbocycles. The normalized spacial score (nSPS) is 24.4. The van der Waals surface area contributed by atoms with Gasteiger partial charge >= 0.3 is 6.03 Å². The number of hydrogen-bond acceptors (Lipinski definition) is 3. The number of amides is 3. The van der Waals surface area contributed by atoms with E-state index in [0.29, 0.717) is 5.56 Å². The lowest BCUT2D eigenvalue weighted by Gasteiger charge is -2.24. The molecule has 2 unspecified atom stereocenters. The third-order valence-corrected chi connectivity index (χ3v) is 3.47. The molecule has 2 N–H and O–H groups in total. The van der Waals surface area contributed by atoms with E-state index in [1.807, 2.05) is 0 Å². The smallest absolute Gasteiger partial charge is 0.315 e. The molecule has 0 aromatic heterocycles. The van der Waals surface area contributed by atoms with Crippen molar-refractivity contribution in [2.24, 2.45) is 0 Å². The molecule has 0 radical (unpaired) electrons. The zero-order chi connectivity index (χ0) is 15.7. The molecule has 110 valence electrons. The molecule has 0 spiro atoms. The van der Waals surface area contributed by atoms with Crippen molar-refractivity contribution in [3.05, 3.63) is 48.6 Å². The van der Waals surface area contributed by atoms with Crippen LogP contribution in [0.3, 0.4) is 0 Å². The van der Waals surface area contributed by atoms with E-state index in [4.69, 9.17) is 5.41 Å². The molecule has 0 aliphatic carbocycles. The van der Waals surface area contributed by atoms with Crippen molar-refractivity contribution in [3.8, 4) is 0 Å². The lowest BCUT2D eigenvalue weighted by Crippen LogP contribution is -2.46. The molecule has 21 heavy (non-hydrogen) atoms. The van der Waals surface area contributed by atoms with Crippen LogP contribution >= 0.6 is 0 Å². The first-order valence-electron chi connectivity index (χ1n) is 6.40. The minimum absolute atomic E-state index is 0.441. The highest BCUT2D eigenvalue weighted by Gasteiger charge is 2.52. The highest BCUT2D eigenvalue weighted by molar-refractivity contribution is 6.16. The van der Waals surface area contributed by atoms with E-state index in [1.165, 1.54) is 6.92 Å². The van der Waals surface area contributed by atoms with Crippen LogP contribution < -0.4 is 5.32 Å². The molecular formula is C15H16FN3O2. The van der Waals surface area contributed by atoms with Crippen molar-refractivity contribution in [3.63, 3.8) is 0 Å². The second kappa shape index (κ2) is 5.12. The molecule has 2 atom stereocenters. The van der Waals surface area contributed by atoms with Crippen LogP contribution in [0.2, 0.25) is 0 Å². The Morgan fingerprint density at radius 1 is 1.43 bits per heavy atom. The average Bonchev–Trinajstić information content (AvgIpc) is 2.73. The summed E-state index contributed by atoms with van der Waals surface area (Å²) in [6.07, 6.45) is 1.91. The summed E-state index contributed by atoms with van der Waals surface area (Å²) in [6, 6.07) is 7.70. The van der Waals surface area contributed by atoms with Gasteiger partial charge in [0.2, 0.25) is 0 Å². The summed E-state index contributed by atoms with van der Waals surface area (Å²) >= 11 is 0. The number of carbonyl (C=O) groups excluding carboxylic acids is 2. The fourth-order valence-corrected chi connectivity index (χ4v) is 2.19. The Balaban J connectivity index is 2.40. The number of alkyl halides is 1. The SMILES string of the molecule is C=CC(C)(F)CN1C(=O)NC(C=N)(c2ccccc2)C1=O. The number of nitrogens with one attached hydrogen (secondary N) is 2. The standard InChI is InChI=1S/C15H16FN3O2/c1-3-14(2,16)10-19-12(20)15(9-17,18-13(19)21)11-7-5-4-6-8-11/h3-9,17H,1,10H2,2H3,(H,18,21). The van der Waals surface area contributed by atoms with Gasteiger partial charge in [0.15, 0.2) is 5.54 Å². The van der Waals surface area contributed by atoms with Crippen LogP contribution in [0.1, 0.15) is 12.5 Å². The van der Waals surface area contributed by atoms with E-state index < -0.39 is 29.7 Å². The number of benzene rings is 1. The van der Waals surface area contributed by atoms with E-state index in [0.717, 1.165) is 17.2 Å². The Hall–Kier alpha value is -2.50. The van der Waals surface area contributed by atoms with Gasteiger partial charge in [-0.05, 0) is 12.5 Å². The Morgan fingerprint density at radius 2 is 2.05 bits per heavy atom. The number of rotatable bonds is 5. The molecule has 1 aliphatic heterocycles. The van der Waals surface area contributed by atoms with E-state index in [2.05, 4.69) is 11.9 Å². The van der Waals surface area contributed by atoms with Gasteiger partial charge in [-0.2, -0.15) is 0 Å². The lowest BCUT2D eigenvalue weighted by molar-refractivity contribution is -0.130. The van der Waals surface area contributed by atoms with Gasteiger partial charge in [0.25, 0.3) is 5.91 Å². The molecule has 6 heteroatoms. The number of hydrogen-bond donors (Lipinski definition) is 2. The number of nitrogens with zero attached hydrogens (tertiary/aromatic N) is 1. The predicted octanol–water partition coefficient (Wildman–Crippen LogP) is 2.00. The maximum Gasteiger partial charge on any atom is 0.325 e. The summed E-state index contributed by atoms with van der Waals surface area (Å²) in [7, 11) is 0. The van der Waals surface area contributed by atoms with Crippen molar-refractivity contribution in [2.75, 3.05) is 6.54 Å². The Bertz CT molecular complexity index is 600. The van der Waals surface area contributed by atoms with Crippen LogP contribution in [0.25, 0.3) is 0 Å². The summed E-state index contributed by atoms with van der Waals surface area (Å²) in [6.45, 7) is 4.14. The van der Waals surface area contributed by atoms with Gasteiger partial charge in [0, 0.05) is 6.21 Å². The Morgan fingerprint density at radius 3 is 2.57 bits per heavy atom. The topological polar surface area (TPSA) is 73.3 Å². The van der Waals surface area contributed by atoms with Crippen LogP contribution in [0.4, 0.5) is 9.18 Å². The van der Waals surface area contributed by atoms with Crippen molar-refractivity contribution in [1.82, 2.24) is 10.2 Å². The van der Waals surface area contributed by atoms with Crippen molar-refractivity contribution >= 4 is 18.2 Å². The summed E-state index contributed by atoms with van der Waals surface area (Å²) in [5.41, 5.74) is -3.00. The Kier molecular flexibility index (Phi) is 3.63. The van der Waals surface area contributed by atoms with Gasteiger partial charge in [-0.3, -0.25) is 9.69 Å². The van der Waals surface area contributed by atoms with E-state index >= 15 is 0 Å². The molecule has 1 saturated heterocycles. The van der Waals surface area contributed by atoms with Crippen molar-refractivity contribution < 1.29 is 14.0 Å². The lowest BCUT2D eigenvalue weighted by atomic mass is 9.91. The van der Waals surface area contributed by atoms with E-state index in [9.17, 15) is 14.0 Å². The third kappa shape index (κ3) is 2.44. The minimum atomic E-state index is -1.89. The molecule has 1 aromatic carbocycles. The second-order valence-electron chi connectivity index (χ2n) is 5.12. The zero-order valence-corrected chi connectivity index (χ0v) is 11.6. The Labute approximate surface area is 122 Å². The monoisotopic (exact) mass is 289 g/mol. The molecule has 2 rings (SSSR count). The van der Waals surface area contributed by atoms with Crippen molar-refractivity contribution in [1.29, 1.82) is 5.41 Å². The van der Waals surface area contributed by atoms with Crippen molar-refractivity contribution in [2.45, 2.75) is 18.1 Å². The summed E-state index contributed by atoms with van der Waals surface area (Å²) in [5.74, 6) is -0.667. The largest absolute Gasteiger partial charge is 0.325 e. The first-order valence-corrected chi connectivity index (χ1v) is 6.40. The maximum atomic E-state index is 14.0. The number of carbonyl (C=O) groups is 2. The fourth-order valence-electron chi connectivity index (χ4n) is 2.19. The summed E-state index contributed by atoms with van der Waals surface area (Å²) < 4.78 is 14.0. The van der Waals surface area contributed by atoms with Crippen LogP contribution in [0.15, 0.2) is 43.0 Å². The molecule has 1 aliphatic rings. The van der Waals surface area contributed by atoms with Gasteiger partial charge in [-0.25, -0.2) is 9.18 Å². The number of imide groups is 1. The molecule has 0 bridgehead atoms. The third-order valence-electron chi connectivity index (χ3n) is 3.47. The van der Waals surface area contributed by atoms with Crippen LogP contribution in [0, 0.1) is 5.41 Å². The number of urea groups is 1. The first-order chi connectivity index (χ1) is 9.86. The van der Waals surface area contributed by atoms with Gasteiger partial charge in [-0.15, -0.1) is 0 Å². The zero-order valence-electron chi connectivity index (χ0n) is 11.6. The van der Waals surface area contributed by atoms with Gasteiger partial charge in [0.1, 0.15) is 5.67 Å². The molecule has 5 nitrogen and oxygen atoms in total. The van der Waals surface area contributed by atoms with Crippen LogP contribution in [-0.2, 0) is 10.3 Å². The van der Waals surface area contributed by atoms with Gasteiger partial charge in [-0.1, -0.05) is 43.0 Å². The van der Waals surface area contributed by atoms with Gasteiger partial charge in [0.05, 0.1) is 6.54 Å². The van der Waals surface area contributed by atoms with Crippen LogP contribution in [0.5, 0.6) is 0 Å². The van der Waals surface area contributed by atoms with Crippen LogP contribution in [-0.4, -0.2) is 35.3 Å². The second-order valence-corrected chi connectivity index (χ2v) is 5.12. The molecule has 3 amide bonds. The predicted molar refractivity (Wildman–Crippen MR) is 76.9 cm³/mol. The number of halogens is 1. The fraction of sp³-hybridized carbons (Fsp3) is 0.267. The first kappa shape index (κ1) is 14.9. The highest BCUT2D eigenvalue weighted by Crippen LogP contribution is 2.29. The van der Waals surface area contributed by atoms with Gasteiger partial charge < -0.3 is 10.7 Å². The molecule has 1 aromatic rings. The van der Waals surface area contributed by atoms with E-state index in [1.54, 1.807) is 30.3 Å². The molecule has 1 heterocycles. The maximum absolute atomic E-state index is 14.0. The minimum Gasteiger partial charge on any atom is -0.315 e.